The molecule has 3 saturated carbocycles. The monoisotopic (exact) mass is 330 g/mol. The van der Waals surface area contributed by atoms with Crippen molar-refractivity contribution in [3.05, 3.63) is 12.2 Å². The molecule has 0 amide bonds. The topological polar surface area (TPSA) is 0 Å². The summed E-state index contributed by atoms with van der Waals surface area (Å²) >= 11 is 0. The Hall–Kier alpha value is -0.260. The van der Waals surface area contributed by atoms with Crippen LogP contribution in [0.4, 0.5) is 0 Å². The lowest BCUT2D eigenvalue weighted by Crippen LogP contribution is -2.10. The molecular weight excluding hydrogens is 288 g/mol. The molecule has 4 rings (SSSR count). The van der Waals surface area contributed by atoms with Crippen molar-refractivity contribution in [2.75, 3.05) is 0 Å². The van der Waals surface area contributed by atoms with E-state index in [1.54, 1.807) is 19.3 Å². The van der Waals surface area contributed by atoms with Crippen molar-refractivity contribution in [2.45, 2.75) is 91.9 Å². The van der Waals surface area contributed by atoms with E-state index in [-0.39, 0.29) is 0 Å². The van der Waals surface area contributed by atoms with Crippen LogP contribution >= 0.6 is 0 Å². The molecule has 4 aliphatic rings. The highest BCUT2D eigenvalue weighted by atomic mass is 14.5. The van der Waals surface area contributed by atoms with E-state index in [2.05, 4.69) is 39.8 Å². The predicted molar refractivity (Wildman–Crippen MR) is 106 cm³/mol. The maximum Gasteiger partial charge on any atom is -0.0171 e. The van der Waals surface area contributed by atoms with Gasteiger partial charge in [-0.25, -0.2) is 0 Å². The fourth-order valence-electron chi connectivity index (χ4n) is 7.20. The average molecular weight is 331 g/mol. The van der Waals surface area contributed by atoms with Crippen LogP contribution in [-0.2, 0) is 0 Å². The molecular formula is C24H42. The van der Waals surface area contributed by atoms with Crippen molar-refractivity contribution in [1.82, 2.24) is 0 Å². The first-order valence-electron chi connectivity index (χ1n) is 11.4. The lowest BCUT2D eigenvalue weighted by molar-refractivity contribution is 0.323. The zero-order valence-electron chi connectivity index (χ0n) is 16.8. The summed E-state index contributed by atoms with van der Waals surface area (Å²) < 4.78 is 0. The van der Waals surface area contributed by atoms with Crippen LogP contribution < -0.4 is 0 Å². The van der Waals surface area contributed by atoms with Gasteiger partial charge in [0.1, 0.15) is 0 Å². The molecule has 24 heavy (non-hydrogen) atoms. The van der Waals surface area contributed by atoms with E-state index in [1.807, 2.05) is 0 Å². The maximum absolute atomic E-state index is 2.49. The molecule has 138 valence electrons. The molecule has 0 spiro atoms. The Labute approximate surface area is 151 Å². The second-order valence-corrected chi connectivity index (χ2v) is 9.31. The Morgan fingerprint density at radius 2 is 1.17 bits per heavy atom. The van der Waals surface area contributed by atoms with Gasteiger partial charge >= 0.3 is 0 Å². The van der Waals surface area contributed by atoms with Crippen LogP contribution in [0.15, 0.2) is 12.2 Å². The van der Waals surface area contributed by atoms with Crippen molar-refractivity contribution < 1.29 is 0 Å². The van der Waals surface area contributed by atoms with Gasteiger partial charge in [-0.1, -0.05) is 72.0 Å². The molecule has 3 fully saturated rings. The molecule has 4 aliphatic carbocycles. The minimum absolute atomic E-state index is 0.958. The van der Waals surface area contributed by atoms with Gasteiger partial charge in [-0.2, -0.15) is 0 Å². The third-order valence-corrected chi connectivity index (χ3v) is 8.56. The molecule has 0 aromatic heterocycles. The molecule has 0 saturated heterocycles. The Bertz CT molecular complexity index is 387. The molecule has 8 unspecified atom stereocenters. The van der Waals surface area contributed by atoms with Gasteiger partial charge in [-0.05, 0) is 79.4 Å². The fourth-order valence-corrected chi connectivity index (χ4v) is 7.20. The molecule has 0 N–H and O–H groups in total. The van der Waals surface area contributed by atoms with Gasteiger partial charge in [-0.3, -0.25) is 0 Å². The molecule has 0 aliphatic heterocycles. The highest BCUT2D eigenvalue weighted by molar-refractivity contribution is 5.08. The number of allylic oxidation sites excluding steroid dienone is 2. The van der Waals surface area contributed by atoms with Crippen molar-refractivity contribution in [2.24, 2.45) is 47.3 Å². The van der Waals surface area contributed by atoms with E-state index >= 15 is 0 Å². The van der Waals surface area contributed by atoms with Crippen LogP contribution in [0.1, 0.15) is 91.9 Å². The van der Waals surface area contributed by atoms with Gasteiger partial charge in [0, 0.05) is 0 Å². The summed E-state index contributed by atoms with van der Waals surface area (Å²) in [5.74, 6) is 8.51. The van der Waals surface area contributed by atoms with Crippen LogP contribution in [0.2, 0.25) is 0 Å². The lowest BCUT2D eigenvalue weighted by atomic mass is 9.88. The van der Waals surface area contributed by atoms with Crippen LogP contribution in [0.5, 0.6) is 0 Å². The van der Waals surface area contributed by atoms with Crippen molar-refractivity contribution in [1.29, 1.82) is 0 Å². The van der Waals surface area contributed by atoms with Crippen molar-refractivity contribution in [3.8, 4) is 0 Å². The largest absolute Gasteiger partial charge is 0.0879 e. The third-order valence-electron chi connectivity index (χ3n) is 8.56. The zero-order chi connectivity index (χ0) is 17.1. The van der Waals surface area contributed by atoms with E-state index in [0.717, 1.165) is 47.3 Å². The first-order chi connectivity index (χ1) is 11.7. The smallest absolute Gasteiger partial charge is 0.0171 e. The molecule has 0 heteroatoms. The number of rotatable bonds is 4. The molecule has 0 aromatic carbocycles. The van der Waals surface area contributed by atoms with Crippen LogP contribution in [0.3, 0.4) is 0 Å². The Morgan fingerprint density at radius 1 is 0.667 bits per heavy atom. The Balaban J connectivity index is 0.000000141. The normalized spacial score (nSPS) is 45.8. The predicted octanol–water partition coefficient (Wildman–Crippen LogP) is 7.49. The van der Waals surface area contributed by atoms with E-state index < -0.39 is 0 Å². The SMILES string of the molecule is CCC1CC(CC)C2CC=CC12.CCC1CC(CC)C2CCCC12. The molecule has 8 atom stereocenters. The van der Waals surface area contributed by atoms with Gasteiger partial charge in [0.25, 0.3) is 0 Å². The highest BCUT2D eigenvalue weighted by Crippen LogP contribution is 2.53. The summed E-state index contributed by atoms with van der Waals surface area (Å²) in [6.07, 6.45) is 19.7. The van der Waals surface area contributed by atoms with E-state index in [4.69, 9.17) is 0 Å². The zero-order valence-corrected chi connectivity index (χ0v) is 16.8. The quantitative estimate of drug-likeness (QED) is 0.468. The van der Waals surface area contributed by atoms with Crippen molar-refractivity contribution >= 4 is 0 Å². The van der Waals surface area contributed by atoms with Gasteiger partial charge in [0.2, 0.25) is 0 Å². The van der Waals surface area contributed by atoms with Crippen LogP contribution in [-0.4, -0.2) is 0 Å². The van der Waals surface area contributed by atoms with E-state index in [0.29, 0.717) is 0 Å². The Kier molecular flexibility index (Phi) is 6.50. The summed E-state index contributed by atoms with van der Waals surface area (Å²) in [5.41, 5.74) is 0. The minimum Gasteiger partial charge on any atom is -0.0879 e. The summed E-state index contributed by atoms with van der Waals surface area (Å²) in [6, 6.07) is 0. The second-order valence-electron chi connectivity index (χ2n) is 9.31. The summed E-state index contributed by atoms with van der Waals surface area (Å²) in [6.45, 7) is 9.49. The van der Waals surface area contributed by atoms with Gasteiger partial charge < -0.3 is 0 Å². The van der Waals surface area contributed by atoms with Gasteiger partial charge in [0.05, 0.1) is 0 Å². The molecule has 0 bridgehead atoms. The summed E-state index contributed by atoms with van der Waals surface area (Å²) in [4.78, 5) is 0. The van der Waals surface area contributed by atoms with E-state index in [9.17, 15) is 0 Å². The highest BCUT2D eigenvalue weighted by Gasteiger charge is 2.43. The van der Waals surface area contributed by atoms with Crippen LogP contribution in [0.25, 0.3) is 0 Å². The standard InChI is InChI=1S/C12H22.C12H20/c2*1-3-9-8-10(4-2)12-7-5-6-11(9)12/h9-12H,3-8H2,1-2H3;5-6,9-12H,3-4,7-8H2,1-2H3. The molecule has 0 aromatic rings. The summed E-state index contributed by atoms with van der Waals surface area (Å²) in [7, 11) is 0. The third kappa shape index (κ3) is 3.49. The fraction of sp³-hybridized carbons (Fsp3) is 0.917. The second kappa shape index (κ2) is 8.41. The molecule has 0 heterocycles. The summed E-state index contributed by atoms with van der Waals surface area (Å²) in [5, 5.41) is 0. The number of fused-ring (bicyclic) bond motifs is 2. The number of hydrogen-bond donors (Lipinski definition) is 0. The van der Waals surface area contributed by atoms with E-state index in [1.165, 1.54) is 44.9 Å². The lowest BCUT2D eigenvalue weighted by Gasteiger charge is -2.17. The minimum atomic E-state index is 0.958. The first kappa shape index (κ1) is 18.5. The average Bonchev–Trinajstić information content (AvgIpc) is 3.35. The van der Waals surface area contributed by atoms with Crippen LogP contribution in [0, 0.1) is 47.3 Å². The van der Waals surface area contributed by atoms with Gasteiger partial charge in [0.15, 0.2) is 0 Å². The Morgan fingerprint density at radius 3 is 1.71 bits per heavy atom. The molecule has 0 radical (unpaired) electrons. The van der Waals surface area contributed by atoms with Gasteiger partial charge in [-0.15, -0.1) is 0 Å². The number of hydrogen-bond acceptors (Lipinski definition) is 0. The maximum atomic E-state index is 2.49. The molecule has 0 nitrogen and oxygen atoms in total. The first-order valence-corrected chi connectivity index (χ1v) is 11.4. The van der Waals surface area contributed by atoms with Crippen molar-refractivity contribution in [3.63, 3.8) is 0 Å².